The Kier molecular flexibility index (Phi) is 4.59. The van der Waals surface area contributed by atoms with Crippen LogP contribution in [0.1, 0.15) is 19.8 Å². The lowest BCUT2D eigenvalue weighted by molar-refractivity contribution is -0.138. The molecular weight excluding hydrogens is 228 g/mol. The average molecular weight is 254 g/mol. The molecule has 0 bridgehead atoms. The zero-order valence-corrected chi connectivity index (χ0v) is 11.6. The Morgan fingerprint density at radius 3 is 2.22 bits per heavy atom. The van der Waals surface area contributed by atoms with Gasteiger partial charge in [0, 0.05) is 45.3 Å². The van der Waals surface area contributed by atoms with Crippen LogP contribution in [-0.2, 0) is 4.79 Å². The van der Waals surface area contributed by atoms with Gasteiger partial charge in [-0.15, -0.1) is 0 Å². The number of likely N-dealkylation sites (tertiary alicyclic amines) is 1. The Labute approximate surface area is 110 Å². The molecule has 5 heteroatoms. The highest BCUT2D eigenvalue weighted by molar-refractivity contribution is 5.81. The van der Waals surface area contributed by atoms with E-state index in [2.05, 4.69) is 16.8 Å². The van der Waals surface area contributed by atoms with Gasteiger partial charge in [0.1, 0.15) is 0 Å². The van der Waals surface area contributed by atoms with Gasteiger partial charge in [-0.2, -0.15) is 0 Å². The topological polar surface area (TPSA) is 52.8 Å². The van der Waals surface area contributed by atoms with Crippen LogP contribution < -0.4 is 5.73 Å². The van der Waals surface area contributed by atoms with Crippen molar-refractivity contribution >= 4 is 5.91 Å². The SMILES string of the molecule is CC(C(=O)N1CCC(N)CC1)N1CCN(C)CC1. The van der Waals surface area contributed by atoms with Crippen LogP contribution in [0.15, 0.2) is 0 Å². The molecule has 0 spiro atoms. The second-order valence-electron chi connectivity index (χ2n) is 5.68. The third kappa shape index (κ3) is 3.22. The van der Waals surface area contributed by atoms with E-state index in [0.29, 0.717) is 0 Å². The summed E-state index contributed by atoms with van der Waals surface area (Å²) in [4.78, 5) is 19.0. The van der Waals surface area contributed by atoms with E-state index in [1.54, 1.807) is 0 Å². The van der Waals surface area contributed by atoms with Gasteiger partial charge in [0.15, 0.2) is 0 Å². The minimum atomic E-state index is 0.0213. The van der Waals surface area contributed by atoms with E-state index >= 15 is 0 Å². The van der Waals surface area contributed by atoms with E-state index in [4.69, 9.17) is 5.73 Å². The highest BCUT2D eigenvalue weighted by Gasteiger charge is 2.29. The molecule has 2 heterocycles. The summed E-state index contributed by atoms with van der Waals surface area (Å²) in [6.07, 6.45) is 1.89. The standard InChI is InChI=1S/C13H26N4O/c1-11(16-9-7-15(2)8-10-16)13(18)17-5-3-12(14)4-6-17/h11-12H,3-10,14H2,1-2H3. The lowest BCUT2D eigenvalue weighted by Crippen LogP contribution is -2.55. The predicted octanol–water partition coefficient (Wildman–Crippen LogP) is -0.428. The van der Waals surface area contributed by atoms with Crippen molar-refractivity contribution in [3.8, 4) is 0 Å². The van der Waals surface area contributed by atoms with Gasteiger partial charge in [-0.05, 0) is 26.8 Å². The molecule has 2 aliphatic rings. The molecule has 1 atom stereocenters. The summed E-state index contributed by atoms with van der Waals surface area (Å²) in [7, 11) is 2.13. The summed E-state index contributed by atoms with van der Waals surface area (Å²) in [6, 6.07) is 0.306. The van der Waals surface area contributed by atoms with Crippen molar-refractivity contribution in [1.29, 1.82) is 0 Å². The van der Waals surface area contributed by atoms with Crippen molar-refractivity contribution in [3.05, 3.63) is 0 Å². The molecule has 2 N–H and O–H groups in total. The summed E-state index contributed by atoms with van der Waals surface area (Å²) < 4.78 is 0. The molecule has 0 aromatic carbocycles. The fraction of sp³-hybridized carbons (Fsp3) is 0.923. The Morgan fingerprint density at radius 2 is 1.67 bits per heavy atom. The van der Waals surface area contributed by atoms with Crippen LogP contribution in [0.3, 0.4) is 0 Å². The maximum atomic E-state index is 12.4. The van der Waals surface area contributed by atoms with Crippen molar-refractivity contribution in [2.24, 2.45) is 5.73 Å². The number of hydrogen-bond acceptors (Lipinski definition) is 4. The molecule has 18 heavy (non-hydrogen) atoms. The monoisotopic (exact) mass is 254 g/mol. The van der Waals surface area contributed by atoms with Gasteiger partial charge in [0.05, 0.1) is 6.04 Å². The van der Waals surface area contributed by atoms with Crippen LogP contribution in [0, 0.1) is 0 Å². The van der Waals surface area contributed by atoms with E-state index < -0.39 is 0 Å². The zero-order valence-electron chi connectivity index (χ0n) is 11.6. The number of rotatable bonds is 2. The zero-order chi connectivity index (χ0) is 13.1. The first-order valence-corrected chi connectivity index (χ1v) is 7.05. The van der Waals surface area contributed by atoms with Crippen molar-refractivity contribution in [3.63, 3.8) is 0 Å². The Balaban J connectivity index is 1.84. The molecule has 5 nitrogen and oxygen atoms in total. The van der Waals surface area contributed by atoms with Gasteiger partial charge >= 0.3 is 0 Å². The number of carbonyl (C=O) groups is 1. The van der Waals surface area contributed by atoms with Gasteiger partial charge in [0.2, 0.25) is 5.91 Å². The van der Waals surface area contributed by atoms with E-state index in [0.717, 1.165) is 52.1 Å². The first-order valence-electron chi connectivity index (χ1n) is 7.05. The first kappa shape index (κ1) is 13.8. The molecule has 0 saturated carbocycles. The molecule has 104 valence electrons. The number of nitrogens with two attached hydrogens (primary N) is 1. The highest BCUT2D eigenvalue weighted by Crippen LogP contribution is 2.13. The number of nitrogens with zero attached hydrogens (tertiary/aromatic N) is 3. The summed E-state index contributed by atoms with van der Waals surface area (Å²) in [6.45, 7) is 7.82. The minimum Gasteiger partial charge on any atom is -0.341 e. The molecule has 1 unspecified atom stereocenters. The van der Waals surface area contributed by atoms with Crippen molar-refractivity contribution in [2.75, 3.05) is 46.3 Å². The molecular formula is C13H26N4O. The summed E-state index contributed by atoms with van der Waals surface area (Å²) in [5.74, 6) is 0.284. The lowest BCUT2D eigenvalue weighted by atomic mass is 10.0. The second kappa shape index (κ2) is 5.99. The summed E-state index contributed by atoms with van der Waals surface area (Å²) in [5, 5.41) is 0. The fourth-order valence-corrected chi connectivity index (χ4v) is 2.75. The third-order valence-corrected chi connectivity index (χ3v) is 4.29. The quantitative estimate of drug-likeness (QED) is 0.727. The summed E-state index contributed by atoms with van der Waals surface area (Å²) >= 11 is 0. The van der Waals surface area contributed by atoms with Crippen LogP contribution in [0.25, 0.3) is 0 Å². The number of likely N-dealkylation sites (N-methyl/N-ethyl adjacent to an activating group) is 1. The summed E-state index contributed by atoms with van der Waals surface area (Å²) in [5.41, 5.74) is 5.88. The van der Waals surface area contributed by atoms with Crippen molar-refractivity contribution in [2.45, 2.75) is 31.8 Å². The number of amides is 1. The Bertz CT molecular complexity index is 281. The molecule has 2 saturated heterocycles. The average Bonchev–Trinajstić information content (AvgIpc) is 2.39. The molecule has 2 rings (SSSR count). The molecule has 0 aliphatic carbocycles. The predicted molar refractivity (Wildman–Crippen MR) is 72.3 cm³/mol. The van der Waals surface area contributed by atoms with E-state index in [1.165, 1.54) is 0 Å². The number of piperidine rings is 1. The fourth-order valence-electron chi connectivity index (χ4n) is 2.75. The Morgan fingerprint density at radius 1 is 1.11 bits per heavy atom. The molecule has 0 aromatic heterocycles. The molecule has 0 radical (unpaired) electrons. The normalized spacial score (nSPS) is 26.3. The molecule has 2 fully saturated rings. The van der Waals surface area contributed by atoms with Gasteiger partial charge in [-0.3, -0.25) is 9.69 Å². The van der Waals surface area contributed by atoms with Gasteiger partial charge in [0.25, 0.3) is 0 Å². The van der Waals surface area contributed by atoms with Gasteiger partial charge in [-0.1, -0.05) is 0 Å². The van der Waals surface area contributed by atoms with E-state index in [1.807, 2.05) is 11.8 Å². The smallest absolute Gasteiger partial charge is 0.239 e. The van der Waals surface area contributed by atoms with Crippen LogP contribution in [0.5, 0.6) is 0 Å². The third-order valence-electron chi connectivity index (χ3n) is 4.29. The molecule has 1 amide bonds. The van der Waals surface area contributed by atoms with E-state index in [-0.39, 0.29) is 18.0 Å². The van der Waals surface area contributed by atoms with Gasteiger partial charge in [-0.25, -0.2) is 0 Å². The highest BCUT2D eigenvalue weighted by atomic mass is 16.2. The van der Waals surface area contributed by atoms with Crippen LogP contribution in [0.4, 0.5) is 0 Å². The van der Waals surface area contributed by atoms with E-state index in [9.17, 15) is 4.79 Å². The number of piperazine rings is 1. The van der Waals surface area contributed by atoms with Crippen LogP contribution in [0.2, 0.25) is 0 Å². The van der Waals surface area contributed by atoms with Gasteiger partial charge < -0.3 is 15.5 Å². The number of carbonyl (C=O) groups excluding carboxylic acids is 1. The maximum absolute atomic E-state index is 12.4. The molecule has 2 aliphatic heterocycles. The first-order chi connectivity index (χ1) is 8.58. The maximum Gasteiger partial charge on any atom is 0.239 e. The van der Waals surface area contributed by atoms with Crippen LogP contribution in [-0.4, -0.2) is 79.0 Å². The second-order valence-corrected chi connectivity index (χ2v) is 5.68. The Hall–Kier alpha value is -0.650. The van der Waals surface area contributed by atoms with Crippen LogP contribution >= 0.6 is 0 Å². The molecule has 0 aromatic rings. The minimum absolute atomic E-state index is 0.0213. The lowest BCUT2D eigenvalue weighted by Gasteiger charge is -2.39. The largest absolute Gasteiger partial charge is 0.341 e. The van der Waals surface area contributed by atoms with Crippen molar-refractivity contribution < 1.29 is 4.79 Å². The van der Waals surface area contributed by atoms with Crippen molar-refractivity contribution in [1.82, 2.24) is 14.7 Å². The number of hydrogen-bond donors (Lipinski definition) is 1.